The summed E-state index contributed by atoms with van der Waals surface area (Å²) in [5.41, 5.74) is 7.23. The second kappa shape index (κ2) is 7.85. The van der Waals surface area contributed by atoms with E-state index < -0.39 is 0 Å². The Kier molecular flexibility index (Phi) is 6.33. The molecule has 1 aromatic rings. The van der Waals surface area contributed by atoms with Gasteiger partial charge >= 0.3 is 0 Å². The lowest BCUT2D eigenvalue weighted by atomic mass is 10.1. The van der Waals surface area contributed by atoms with Gasteiger partial charge in [-0.1, -0.05) is 38.3 Å². The van der Waals surface area contributed by atoms with Gasteiger partial charge in [-0.3, -0.25) is 4.79 Å². The monoisotopic (exact) mass is 234 g/mol. The first kappa shape index (κ1) is 13.7. The van der Waals surface area contributed by atoms with Crippen LogP contribution in [0.4, 0.5) is 0 Å². The number of amides is 1. The second-order valence-corrected chi connectivity index (χ2v) is 4.22. The van der Waals surface area contributed by atoms with E-state index in [1.807, 2.05) is 24.3 Å². The van der Waals surface area contributed by atoms with Gasteiger partial charge in [0.2, 0.25) is 0 Å². The fourth-order valence-corrected chi connectivity index (χ4v) is 1.70. The highest BCUT2D eigenvalue weighted by Gasteiger charge is 2.04. The quantitative estimate of drug-likeness (QED) is 0.712. The van der Waals surface area contributed by atoms with Crippen LogP contribution in [0.1, 0.15) is 48.5 Å². The van der Waals surface area contributed by atoms with E-state index in [4.69, 9.17) is 5.73 Å². The van der Waals surface area contributed by atoms with E-state index in [-0.39, 0.29) is 5.91 Å². The Balaban J connectivity index is 2.36. The minimum atomic E-state index is -0.00296. The molecule has 17 heavy (non-hydrogen) atoms. The van der Waals surface area contributed by atoms with Crippen molar-refractivity contribution in [2.24, 2.45) is 5.73 Å². The third-order valence-corrected chi connectivity index (χ3v) is 2.74. The van der Waals surface area contributed by atoms with Crippen LogP contribution in [0.2, 0.25) is 0 Å². The van der Waals surface area contributed by atoms with E-state index in [2.05, 4.69) is 12.2 Å². The van der Waals surface area contributed by atoms with Crippen LogP contribution < -0.4 is 11.1 Å². The summed E-state index contributed by atoms with van der Waals surface area (Å²) in [6, 6.07) is 7.47. The number of nitrogens with one attached hydrogen (secondary N) is 1. The van der Waals surface area contributed by atoms with Crippen molar-refractivity contribution in [3.63, 3.8) is 0 Å². The van der Waals surface area contributed by atoms with Gasteiger partial charge in [-0.05, 0) is 24.1 Å². The largest absolute Gasteiger partial charge is 0.352 e. The van der Waals surface area contributed by atoms with Gasteiger partial charge in [0, 0.05) is 18.7 Å². The summed E-state index contributed by atoms with van der Waals surface area (Å²) in [7, 11) is 0. The number of hydrogen-bond donors (Lipinski definition) is 2. The maximum atomic E-state index is 11.8. The van der Waals surface area contributed by atoms with Crippen LogP contribution >= 0.6 is 0 Å². The Morgan fingerprint density at radius 2 is 2.12 bits per heavy atom. The number of rotatable bonds is 7. The normalized spacial score (nSPS) is 10.2. The van der Waals surface area contributed by atoms with Gasteiger partial charge < -0.3 is 11.1 Å². The van der Waals surface area contributed by atoms with Gasteiger partial charge in [0.25, 0.3) is 5.91 Å². The van der Waals surface area contributed by atoms with Crippen LogP contribution in [0.3, 0.4) is 0 Å². The van der Waals surface area contributed by atoms with E-state index in [1.54, 1.807) is 0 Å². The smallest absolute Gasteiger partial charge is 0.251 e. The van der Waals surface area contributed by atoms with Crippen molar-refractivity contribution < 1.29 is 4.79 Å². The molecule has 3 N–H and O–H groups in total. The van der Waals surface area contributed by atoms with Gasteiger partial charge in [0.15, 0.2) is 0 Å². The average molecular weight is 234 g/mol. The zero-order chi connectivity index (χ0) is 12.5. The molecule has 0 bridgehead atoms. The summed E-state index contributed by atoms with van der Waals surface area (Å²) in [5.74, 6) is -0.00296. The van der Waals surface area contributed by atoms with Crippen molar-refractivity contribution in [2.75, 3.05) is 6.54 Å². The van der Waals surface area contributed by atoms with E-state index in [0.717, 1.165) is 18.5 Å². The van der Waals surface area contributed by atoms with Crippen LogP contribution in [-0.4, -0.2) is 12.5 Å². The first-order valence-corrected chi connectivity index (χ1v) is 6.35. The molecule has 0 aromatic heterocycles. The molecule has 0 heterocycles. The summed E-state index contributed by atoms with van der Waals surface area (Å²) in [5, 5.41) is 2.93. The van der Waals surface area contributed by atoms with Crippen LogP contribution in [0.25, 0.3) is 0 Å². The third-order valence-electron chi connectivity index (χ3n) is 2.74. The molecule has 0 spiro atoms. The molecule has 0 atom stereocenters. The maximum absolute atomic E-state index is 11.8. The fraction of sp³-hybridized carbons (Fsp3) is 0.500. The maximum Gasteiger partial charge on any atom is 0.251 e. The van der Waals surface area contributed by atoms with E-state index >= 15 is 0 Å². The standard InChI is InChI=1S/C14H22N2O/c1-2-3-4-5-9-16-14(17)13-8-6-7-12(10-13)11-15/h6-8,10H,2-5,9,11,15H2,1H3,(H,16,17). The van der Waals surface area contributed by atoms with Crippen LogP contribution in [0, 0.1) is 0 Å². The molecule has 3 heteroatoms. The summed E-state index contributed by atoms with van der Waals surface area (Å²) in [6.07, 6.45) is 4.68. The van der Waals surface area contributed by atoms with Crippen LogP contribution in [0.5, 0.6) is 0 Å². The molecule has 0 saturated heterocycles. The Hall–Kier alpha value is -1.35. The Morgan fingerprint density at radius 1 is 1.29 bits per heavy atom. The number of benzene rings is 1. The predicted molar refractivity (Wildman–Crippen MR) is 70.8 cm³/mol. The first-order chi connectivity index (χ1) is 8.27. The zero-order valence-electron chi connectivity index (χ0n) is 10.5. The van der Waals surface area contributed by atoms with Gasteiger partial charge in [0.05, 0.1) is 0 Å². The van der Waals surface area contributed by atoms with Crippen molar-refractivity contribution in [1.29, 1.82) is 0 Å². The van der Waals surface area contributed by atoms with Gasteiger partial charge in [0.1, 0.15) is 0 Å². The minimum Gasteiger partial charge on any atom is -0.352 e. The number of hydrogen-bond acceptors (Lipinski definition) is 2. The highest BCUT2D eigenvalue weighted by Crippen LogP contribution is 2.04. The Morgan fingerprint density at radius 3 is 2.82 bits per heavy atom. The molecule has 94 valence electrons. The second-order valence-electron chi connectivity index (χ2n) is 4.22. The molecule has 3 nitrogen and oxygen atoms in total. The molecular formula is C14H22N2O. The number of carbonyl (C=O) groups excluding carboxylic acids is 1. The molecule has 0 fully saturated rings. The van der Waals surface area contributed by atoms with Crippen molar-refractivity contribution >= 4 is 5.91 Å². The fourth-order valence-electron chi connectivity index (χ4n) is 1.70. The predicted octanol–water partition coefficient (Wildman–Crippen LogP) is 2.46. The molecule has 1 aromatic carbocycles. The first-order valence-electron chi connectivity index (χ1n) is 6.35. The summed E-state index contributed by atoms with van der Waals surface area (Å²) in [6.45, 7) is 3.40. The minimum absolute atomic E-state index is 0.00296. The van der Waals surface area contributed by atoms with Crippen LogP contribution in [0.15, 0.2) is 24.3 Å². The van der Waals surface area contributed by atoms with Gasteiger partial charge in [-0.25, -0.2) is 0 Å². The molecule has 0 aliphatic rings. The number of unbranched alkanes of at least 4 members (excludes halogenated alkanes) is 3. The van der Waals surface area contributed by atoms with Crippen molar-refractivity contribution in [2.45, 2.75) is 39.2 Å². The zero-order valence-corrected chi connectivity index (χ0v) is 10.5. The van der Waals surface area contributed by atoms with Crippen molar-refractivity contribution in [3.05, 3.63) is 35.4 Å². The molecule has 0 saturated carbocycles. The van der Waals surface area contributed by atoms with E-state index in [0.29, 0.717) is 12.1 Å². The lowest BCUT2D eigenvalue weighted by molar-refractivity contribution is 0.0953. The summed E-state index contributed by atoms with van der Waals surface area (Å²) in [4.78, 5) is 11.8. The molecule has 1 rings (SSSR count). The summed E-state index contributed by atoms with van der Waals surface area (Å²) < 4.78 is 0. The van der Waals surface area contributed by atoms with Crippen LogP contribution in [-0.2, 0) is 6.54 Å². The lowest BCUT2D eigenvalue weighted by Gasteiger charge is -2.06. The highest BCUT2D eigenvalue weighted by molar-refractivity contribution is 5.94. The number of carbonyl (C=O) groups is 1. The highest BCUT2D eigenvalue weighted by atomic mass is 16.1. The lowest BCUT2D eigenvalue weighted by Crippen LogP contribution is -2.24. The molecule has 0 unspecified atom stereocenters. The topological polar surface area (TPSA) is 55.1 Å². The number of nitrogens with two attached hydrogens (primary N) is 1. The van der Waals surface area contributed by atoms with Crippen molar-refractivity contribution in [1.82, 2.24) is 5.32 Å². The summed E-state index contributed by atoms with van der Waals surface area (Å²) >= 11 is 0. The van der Waals surface area contributed by atoms with Crippen molar-refractivity contribution in [3.8, 4) is 0 Å². The third kappa shape index (κ3) is 5.00. The molecular weight excluding hydrogens is 212 g/mol. The average Bonchev–Trinajstić information content (AvgIpc) is 2.38. The van der Waals surface area contributed by atoms with Gasteiger partial charge in [-0.15, -0.1) is 0 Å². The molecule has 1 amide bonds. The molecule has 0 radical (unpaired) electrons. The van der Waals surface area contributed by atoms with E-state index in [9.17, 15) is 4.79 Å². The molecule has 0 aliphatic heterocycles. The molecule has 0 aliphatic carbocycles. The Bertz CT molecular complexity index is 350. The SMILES string of the molecule is CCCCCCNC(=O)c1cccc(CN)c1. The van der Waals surface area contributed by atoms with E-state index in [1.165, 1.54) is 19.3 Å². The van der Waals surface area contributed by atoms with Gasteiger partial charge in [-0.2, -0.15) is 0 Å². The Labute approximate surface area is 103 Å².